The van der Waals surface area contributed by atoms with Crippen LogP contribution in [0.4, 0.5) is 0 Å². The fourth-order valence-electron chi connectivity index (χ4n) is 1.67. The summed E-state index contributed by atoms with van der Waals surface area (Å²) in [5, 5.41) is 12.4. The van der Waals surface area contributed by atoms with Crippen LogP contribution >= 0.6 is 0 Å². The average Bonchev–Trinajstić information content (AvgIpc) is 2.44. The van der Waals surface area contributed by atoms with Crippen LogP contribution in [0.5, 0.6) is 11.5 Å². The number of benzene rings is 1. The first-order valence-electron chi connectivity index (χ1n) is 7.13. The molecule has 0 aliphatic rings. The van der Waals surface area contributed by atoms with Crippen LogP contribution in [0.15, 0.2) is 18.2 Å². The lowest BCUT2D eigenvalue weighted by atomic mass is 10.1. The predicted molar refractivity (Wildman–Crippen MR) is 81.6 cm³/mol. The summed E-state index contributed by atoms with van der Waals surface area (Å²) in [5.41, 5.74) is 0.733. The Bertz CT molecular complexity index is 471. The number of rotatable bonds is 7. The van der Waals surface area contributed by atoms with Gasteiger partial charge in [-0.2, -0.15) is 0 Å². The Morgan fingerprint density at radius 1 is 1.24 bits per heavy atom. The molecule has 0 spiro atoms. The molecule has 5 nitrogen and oxygen atoms in total. The molecular formula is C16H25NO4. The zero-order valence-electron chi connectivity index (χ0n) is 13.3. The molecule has 21 heavy (non-hydrogen) atoms. The third-order valence-electron chi connectivity index (χ3n) is 3.42. The van der Waals surface area contributed by atoms with Crippen LogP contribution in [0.2, 0.25) is 0 Å². The van der Waals surface area contributed by atoms with Crippen LogP contribution < -0.4 is 14.8 Å². The van der Waals surface area contributed by atoms with Gasteiger partial charge in [-0.1, -0.05) is 19.9 Å². The first-order chi connectivity index (χ1) is 9.85. The monoisotopic (exact) mass is 295 g/mol. The molecule has 0 radical (unpaired) electrons. The van der Waals surface area contributed by atoms with Gasteiger partial charge in [-0.25, -0.2) is 0 Å². The van der Waals surface area contributed by atoms with Crippen LogP contribution in [0.1, 0.15) is 39.4 Å². The number of aliphatic hydroxyl groups is 1. The van der Waals surface area contributed by atoms with E-state index in [1.54, 1.807) is 25.1 Å². The molecule has 0 heterocycles. The van der Waals surface area contributed by atoms with Gasteiger partial charge in [-0.15, -0.1) is 0 Å². The van der Waals surface area contributed by atoms with E-state index in [9.17, 15) is 9.90 Å². The predicted octanol–water partition coefficient (Wildman–Crippen LogP) is 2.29. The Labute approximate surface area is 126 Å². The highest BCUT2D eigenvalue weighted by molar-refractivity contribution is 5.77. The van der Waals surface area contributed by atoms with Crippen LogP contribution in [0.3, 0.4) is 0 Å². The van der Waals surface area contributed by atoms with Crippen molar-refractivity contribution in [1.29, 1.82) is 0 Å². The summed E-state index contributed by atoms with van der Waals surface area (Å²) >= 11 is 0. The van der Waals surface area contributed by atoms with Crippen molar-refractivity contribution in [3.63, 3.8) is 0 Å². The fraction of sp³-hybridized carbons (Fsp3) is 0.562. The van der Waals surface area contributed by atoms with Gasteiger partial charge >= 0.3 is 0 Å². The smallest absolute Gasteiger partial charge is 0.258 e. The van der Waals surface area contributed by atoms with Crippen LogP contribution in [0.25, 0.3) is 0 Å². The number of hydrogen-bond donors (Lipinski definition) is 2. The Morgan fingerprint density at radius 2 is 1.90 bits per heavy atom. The molecule has 0 saturated carbocycles. The van der Waals surface area contributed by atoms with Crippen LogP contribution in [-0.4, -0.2) is 30.8 Å². The third-order valence-corrected chi connectivity index (χ3v) is 3.42. The molecule has 0 bridgehead atoms. The van der Waals surface area contributed by atoms with Gasteiger partial charge in [-0.05, 0) is 37.5 Å². The molecule has 0 fully saturated rings. The Morgan fingerprint density at radius 3 is 2.43 bits per heavy atom. The number of aliphatic hydroxyl groups excluding tert-OH is 1. The second-order valence-electron chi connectivity index (χ2n) is 5.48. The van der Waals surface area contributed by atoms with Gasteiger partial charge in [0.05, 0.1) is 13.2 Å². The topological polar surface area (TPSA) is 67.8 Å². The summed E-state index contributed by atoms with van der Waals surface area (Å²) in [6.07, 6.45) is -0.580. The second kappa shape index (κ2) is 7.88. The first-order valence-corrected chi connectivity index (χ1v) is 7.13. The summed E-state index contributed by atoms with van der Waals surface area (Å²) in [6.45, 7) is 7.66. The highest BCUT2D eigenvalue weighted by atomic mass is 16.5. The first kappa shape index (κ1) is 17.3. The van der Waals surface area contributed by atoms with Gasteiger partial charge in [0.2, 0.25) is 0 Å². The van der Waals surface area contributed by atoms with E-state index in [1.807, 2.05) is 20.8 Å². The molecule has 1 aromatic carbocycles. The maximum absolute atomic E-state index is 11.8. The molecule has 0 aliphatic carbocycles. The molecule has 1 aromatic rings. The van der Waals surface area contributed by atoms with E-state index >= 15 is 0 Å². The summed E-state index contributed by atoms with van der Waals surface area (Å²) < 4.78 is 10.7. The Hall–Kier alpha value is -1.75. The minimum Gasteiger partial charge on any atom is -0.493 e. The number of amides is 1. The zero-order valence-corrected chi connectivity index (χ0v) is 13.3. The number of hydrogen-bond acceptors (Lipinski definition) is 4. The molecule has 2 atom stereocenters. The molecular weight excluding hydrogens is 270 g/mol. The van der Waals surface area contributed by atoms with Gasteiger partial charge in [0.25, 0.3) is 5.91 Å². The van der Waals surface area contributed by atoms with E-state index in [4.69, 9.17) is 9.47 Å². The van der Waals surface area contributed by atoms with Crippen molar-refractivity contribution in [2.75, 3.05) is 13.7 Å². The van der Waals surface area contributed by atoms with Crippen LogP contribution in [0, 0.1) is 5.92 Å². The number of ether oxygens (including phenoxy) is 2. The number of carbonyl (C=O) groups is 1. The van der Waals surface area contributed by atoms with Crippen molar-refractivity contribution in [3.8, 4) is 11.5 Å². The third kappa shape index (κ3) is 5.27. The summed E-state index contributed by atoms with van der Waals surface area (Å²) in [5.74, 6) is 1.18. The lowest BCUT2D eigenvalue weighted by Gasteiger charge is -2.18. The van der Waals surface area contributed by atoms with E-state index in [1.165, 1.54) is 7.11 Å². The van der Waals surface area contributed by atoms with Crippen molar-refractivity contribution in [2.45, 2.75) is 39.8 Å². The quantitative estimate of drug-likeness (QED) is 0.810. The maximum Gasteiger partial charge on any atom is 0.258 e. The zero-order chi connectivity index (χ0) is 16.0. The summed E-state index contributed by atoms with van der Waals surface area (Å²) in [4.78, 5) is 11.8. The fourth-order valence-corrected chi connectivity index (χ4v) is 1.67. The second-order valence-corrected chi connectivity index (χ2v) is 5.48. The molecule has 1 unspecified atom stereocenters. The van der Waals surface area contributed by atoms with E-state index in [0.29, 0.717) is 17.4 Å². The van der Waals surface area contributed by atoms with E-state index in [2.05, 4.69) is 5.32 Å². The minimum absolute atomic E-state index is 0.0680. The van der Waals surface area contributed by atoms with Crippen LogP contribution in [-0.2, 0) is 4.79 Å². The highest BCUT2D eigenvalue weighted by Gasteiger charge is 2.13. The van der Waals surface area contributed by atoms with Gasteiger partial charge < -0.3 is 19.9 Å². The lowest BCUT2D eigenvalue weighted by Crippen LogP contribution is -2.38. The lowest BCUT2D eigenvalue weighted by molar-refractivity contribution is -0.124. The highest BCUT2D eigenvalue weighted by Crippen LogP contribution is 2.30. The molecule has 0 aromatic heterocycles. The van der Waals surface area contributed by atoms with E-state index in [-0.39, 0.29) is 18.6 Å². The number of nitrogens with one attached hydrogen (secondary N) is 1. The van der Waals surface area contributed by atoms with Crippen molar-refractivity contribution in [2.24, 2.45) is 5.92 Å². The minimum atomic E-state index is -0.580. The summed E-state index contributed by atoms with van der Waals surface area (Å²) in [7, 11) is 1.52. The van der Waals surface area contributed by atoms with Gasteiger partial charge in [0, 0.05) is 6.04 Å². The van der Waals surface area contributed by atoms with Gasteiger partial charge in [-0.3, -0.25) is 4.79 Å². The Balaban J connectivity index is 2.65. The van der Waals surface area contributed by atoms with Crippen molar-refractivity contribution in [3.05, 3.63) is 23.8 Å². The Kier molecular flexibility index (Phi) is 6.49. The van der Waals surface area contributed by atoms with Gasteiger partial charge in [0.15, 0.2) is 18.1 Å². The van der Waals surface area contributed by atoms with Crippen molar-refractivity contribution < 1.29 is 19.4 Å². The average molecular weight is 295 g/mol. The number of methoxy groups -OCH3 is 1. The molecule has 0 aliphatic heterocycles. The van der Waals surface area contributed by atoms with Crippen molar-refractivity contribution in [1.82, 2.24) is 5.32 Å². The molecule has 118 valence electrons. The molecule has 1 amide bonds. The molecule has 1 rings (SSSR count). The number of carbonyl (C=O) groups excluding carboxylic acids is 1. The van der Waals surface area contributed by atoms with Crippen molar-refractivity contribution >= 4 is 5.91 Å². The van der Waals surface area contributed by atoms with Gasteiger partial charge in [0.1, 0.15) is 0 Å². The molecule has 2 N–H and O–H groups in total. The largest absolute Gasteiger partial charge is 0.493 e. The SMILES string of the molecule is COc1cc([C@H](C)O)ccc1OCC(=O)NC(C)C(C)C. The van der Waals surface area contributed by atoms with E-state index in [0.717, 1.165) is 5.56 Å². The maximum atomic E-state index is 11.8. The molecule has 0 saturated heterocycles. The normalized spacial score (nSPS) is 13.7. The van der Waals surface area contributed by atoms with E-state index < -0.39 is 6.10 Å². The molecule has 5 heteroatoms. The summed E-state index contributed by atoms with van der Waals surface area (Å²) in [6, 6.07) is 5.24. The standard InChI is InChI=1S/C16H25NO4/c1-10(2)11(3)17-16(19)9-21-14-7-6-13(12(4)18)8-15(14)20-5/h6-8,10-12,18H,9H2,1-5H3,(H,17,19)/t11?,12-/m0/s1.